The standard InChI is InChI=1S/C3H3Cl3O/c4-1-2(5)3(6)7/h1,3,7H. The molecule has 1 N–H and O–H groups in total. The second-order valence-electron chi connectivity index (χ2n) is 0.830. The molecule has 0 aromatic heterocycles. The molecular formula is C3H3Cl3O. The van der Waals surface area contributed by atoms with Gasteiger partial charge in [-0.05, 0) is 0 Å². The Morgan fingerprint density at radius 1 is 1.71 bits per heavy atom. The Labute approximate surface area is 56.5 Å². The highest BCUT2D eigenvalue weighted by atomic mass is 35.5. The van der Waals surface area contributed by atoms with Crippen molar-refractivity contribution in [2.24, 2.45) is 0 Å². The Bertz CT molecular complexity index is 78.2. The first-order valence-electron chi connectivity index (χ1n) is 1.46. The van der Waals surface area contributed by atoms with Gasteiger partial charge in [-0.1, -0.05) is 34.8 Å². The number of rotatable bonds is 1. The van der Waals surface area contributed by atoms with Crippen molar-refractivity contribution < 1.29 is 5.11 Å². The highest BCUT2D eigenvalue weighted by Crippen LogP contribution is 2.11. The van der Waals surface area contributed by atoms with Gasteiger partial charge in [-0.15, -0.1) is 0 Å². The number of halogens is 3. The summed E-state index contributed by atoms with van der Waals surface area (Å²) in [6, 6.07) is 0. The summed E-state index contributed by atoms with van der Waals surface area (Å²) < 4.78 is 0. The van der Waals surface area contributed by atoms with Crippen LogP contribution in [0.25, 0.3) is 0 Å². The molecule has 1 nitrogen and oxygen atoms in total. The van der Waals surface area contributed by atoms with Crippen LogP contribution in [0.2, 0.25) is 0 Å². The van der Waals surface area contributed by atoms with E-state index in [1.54, 1.807) is 0 Å². The van der Waals surface area contributed by atoms with Gasteiger partial charge in [-0.25, -0.2) is 0 Å². The van der Waals surface area contributed by atoms with E-state index in [9.17, 15) is 0 Å². The van der Waals surface area contributed by atoms with Gasteiger partial charge in [0.2, 0.25) is 0 Å². The molecule has 0 aromatic carbocycles. The summed E-state index contributed by atoms with van der Waals surface area (Å²) in [5.41, 5.74) is -0.154. The largest absolute Gasteiger partial charge is 0.372 e. The molecule has 0 bridgehead atoms. The molecule has 0 aliphatic rings. The van der Waals surface area contributed by atoms with E-state index in [0.29, 0.717) is 0 Å². The lowest BCUT2D eigenvalue weighted by atomic mass is 10.7. The second-order valence-corrected chi connectivity index (χ2v) is 1.90. The highest BCUT2D eigenvalue weighted by Gasteiger charge is 1.99. The van der Waals surface area contributed by atoms with Crippen LogP contribution in [0.4, 0.5) is 0 Å². The van der Waals surface area contributed by atoms with Gasteiger partial charge in [-0.2, -0.15) is 0 Å². The van der Waals surface area contributed by atoms with E-state index < -0.39 is 5.56 Å². The van der Waals surface area contributed by atoms with Crippen LogP contribution in [0.15, 0.2) is 10.6 Å². The van der Waals surface area contributed by atoms with E-state index in [1.165, 1.54) is 0 Å². The third-order valence-corrected chi connectivity index (χ3v) is 1.34. The molecule has 0 heterocycles. The minimum atomic E-state index is -1.17. The van der Waals surface area contributed by atoms with Crippen LogP contribution in [0.3, 0.4) is 0 Å². The maximum atomic E-state index is 8.30. The summed E-state index contributed by atoms with van der Waals surface area (Å²) in [7, 11) is 0. The lowest BCUT2D eigenvalue weighted by Crippen LogP contribution is -1.92. The van der Waals surface area contributed by atoms with Crippen molar-refractivity contribution in [3.63, 3.8) is 0 Å². The molecule has 0 aliphatic heterocycles. The zero-order chi connectivity index (χ0) is 5.86. The van der Waals surface area contributed by atoms with E-state index in [1.807, 2.05) is 0 Å². The van der Waals surface area contributed by atoms with Gasteiger partial charge in [0, 0.05) is 5.54 Å². The Kier molecular flexibility index (Phi) is 3.85. The molecule has 0 radical (unpaired) electrons. The Balaban J connectivity index is 3.56. The highest BCUT2D eigenvalue weighted by molar-refractivity contribution is 6.41. The number of hydrogen-bond acceptors (Lipinski definition) is 1. The fourth-order valence-electron chi connectivity index (χ4n) is 0.0520. The number of hydrogen-bond donors (Lipinski definition) is 1. The van der Waals surface area contributed by atoms with E-state index >= 15 is 0 Å². The third-order valence-electron chi connectivity index (χ3n) is 0.332. The first kappa shape index (κ1) is 7.57. The van der Waals surface area contributed by atoms with Crippen LogP contribution in [-0.4, -0.2) is 10.7 Å². The smallest absolute Gasteiger partial charge is 0.164 e. The zero-order valence-corrected chi connectivity index (χ0v) is 5.50. The summed E-state index contributed by atoms with van der Waals surface area (Å²) in [5, 5.41) is 8.33. The van der Waals surface area contributed by atoms with Crippen molar-refractivity contribution >= 4 is 34.8 Å². The van der Waals surface area contributed by atoms with Crippen molar-refractivity contribution in [2.75, 3.05) is 0 Å². The van der Waals surface area contributed by atoms with E-state index in [4.69, 9.17) is 39.9 Å². The molecule has 7 heavy (non-hydrogen) atoms. The first-order valence-corrected chi connectivity index (χ1v) is 2.71. The Morgan fingerprint density at radius 3 is 2.14 bits per heavy atom. The van der Waals surface area contributed by atoms with Gasteiger partial charge < -0.3 is 5.11 Å². The molecule has 0 aliphatic carbocycles. The Morgan fingerprint density at radius 2 is 2.14 bits per heavy atom. The van der Waals surface area contributed by atoms with E-state index in [2.05, 4.69) is 0 Å². The average Bonchev–Trinajstić information content (AvgIpc) is 1.65. The summed E-state index contributed by atoms with van der Waals surface area (Å²) in [6.45, 7) is 0. The monoisotopic (exact) mass is 160 g/mol. The van der Waals surface area contributed by atoms with Crippen molar-refractivity contribution in [3.05, 3.63) is 10.6 Å². The van der Waals surface area contributed by atoms with Gasteiger partial charge in [0.05, 0.1) is 5.03 Å². The normalized spacial score (nSPS) is 16.9. The van der Waals surface area contributed by atoms with E-state index in [-0.39, 0.29) is 5.03 Å². The molecule has 0 saturated heterocycles. The number of aliphatic hydroxyl groups is 1. The summed E-state index contributed by atoms with van der Waals surface area (Å²) in [6.07, 6.45) is 0. The maximum absolute atomic E-state index is 8.30. The SMILES string of the molecule is OC(Cl)C(Cl)=CCl. The van der Waals surface area contributed by atoms with Crippen LogP contribution in [-0.2, 0) is 0 Å². The average molecular weight is 161 g/mol. The van der Waals surface area contributed by atoms with Crippen molar-refractivity contribution in [2.45, 2.75) is 5.56 Å². The van der Waals surface area contributed by atoms with Crippen molar-refractivity contribution in [1.82, 2.24) is 0 Å². The van der Waals surface area contributed by atoms with E-state index in [0.717, 1.165) is 5.54 Å². The molecule has 0 amide bonds. The van der Waals surface area contributed by atoms with Crippen LogP contribution < -0.4 is 0 Å². The number of aliphatic hydroxyl groups excluding tert-OH is 1. The third kappa shape index (κ3) is 3.18. The molecule has 0 saturated carbocycles. The molecule has 0 aromatic rings. The molecule has 42 valence electrons. The topological polar surface area (TPSA) is 20.2 Å². The molecule has 1 atom stereocenters. The van der Waals surface area contributed by atoms with Crippen LogP contribution in [0.5, 0.6) is 0 Å². The summed E-state index contributed by atoms with van der Waals surface area (Å²) in [5.74, 6) is 0. The van der Waals surface area contributed by atoms with Gasteiger partial charge >= 0.3 is 0 Å². The molecule has 0 rings (SSSR count). The van der Waals surface area contributed by atoms with Crippen molar-refractivity contribution in [3.8, 4) is 0 Å². The minimum Gasteiger partial charge on any atom is -0.372 e. The van der Waals surface area contributed by atoms with Crippen LogP contribution in [0.1, 0.15) is 0 Å². The number of alkyl halides is 1. The van der Waals surface area contributed by atoms with Crippen LogP contribution >= 0.6 is 34.8 Å². The molecule has 0 spiro atoms. The molecule has 1 unspecified atom stereocenters. The minimum absolute atomic E-state index is 0.0309. The van der Waals surface area contributed by atoms with Gasteiger partial charge in [0.15, 0.2) is 5.56 Å². The second kappa shape index (κ2) is 3.56. The summed E-state index contributed by atoms with van der Waals surface area (Å²) >= 11 is 15.2. The quantitative estimate of drug-likeness (QED) is 0.582. The van der Waals surface area contributed by atoms with Crippen molar-refractivity contribution in [1.29, 1.82) is 0 Å². The van der Waals surface area contributed by atoms with Gasteiger partial charge in [0.25, 0.3) is 0 Å². The predicted octanol–water partition coefficient (Wildman–Crippen LogP) is 1.86. The molecule has 4 heteroatoms. The van der Waals surface area contributed by atoms with Gasteiger partial charge in [0.1, 0.15) is 0 Å². The maximum Gasteiger partial charge on any atom is 0.164 e. The molecule has 0 fully saturated rings. The molecular weight excluding hydrogens is 158 g/mol. The Hall–Kier alpha value is 0.570. The fraction of sp³-hybridized carbons (Fsp3) is 0.333. The van der Waals surface area contributed by atoms with Crippen LogP contribution in [0, 0.1) is 0 Å². The first-order chi connectivity index (χ1) is 3.18. The lowest BCUT2D eigenvalue weighted by Gasteiger charge is -1.93. The fourth-order valence-corrected chi connectivity index (χ4v) is 0.299. The summed E-state index contributed by atoms with van der Waals surface area (Å²) in [4.78, 5) is 0. The van der Waals surface area contributed by atoms with Gasteiger partial charge in [-0.3, -0.25) is 0 Å². The predicted molar refractivity (Wildman–Crippen MR) is 31.6 cm³/mol. The lowest BCUT2D eigenvalue weighted by molar-refractivity contribution is 0.299. The zero-order valence-electron chi connectivity index (χ0n) is 3.24.